The largest absolute Gasteiger partial charge is 0.357 e. The standard InChI is InChI=1S/C21H24N2O2S/c1-22-19-13-7-6-12-18(19)21(14-8-11-17-9-4-3-5-10-17)15-16-23(20(21)22)26(2,24)25/h3-13,20H,14-16H2,1-2H3/b11-8-/t20-,21-/m1/s1. The SMILES string of the molecule is CN1c2ccccc2[C@@]2(C/C=C\c3ccccc3)CCN(S(C)(=O)=O)[C@@H]12. The first kappa shape index (κ1) is 17.3. The monoisotopic (exact) mass is 368 g/mol. The van der Waals surface area contributed by atoms with Crippen LogP contribution in [0.1, 0.15) is 24.0 Å². The molecule has 1 fully saturated rings. The Balaban J connectivity index is 1.74. The van der Waals surface area contributed by atoms with Crippen molar-refractivity contribution in [2.75, 3.05) is 24.7 Å². The lowest BCUT2D eigenvalue weighted by Gasteiger charge is -2.35. The lowest BCUT2D eigenvalue weighted by atomic mass is 9.76. The molecule has 0 aromatic heterocycles. The first-order chi connectivity index (χ1) is 12.4. The summed E-state index contributed by atoms with van der Waals surface area (Å²) < 4.78 is 26.5. The van der Waals surface area contributed by atoms with Crippen LogP contribution in [-0.4, -0.2) is 38.7 Å². The van der Waals surface area contributed by atoms with Gasteiger partial charge < -0.3 is 4.90 Å². The van der Waals surface area contributed by atoms with Gasteiger partial charge in [-0.3, -0.25) is 0 Å². The van der Waals surface area contributed by atoms with Crippen molar-refractivity contribution in [3.8, 4) is 0 Å². The fourth-order valence-electron chi connectivity index (χ4n) is 4.64. The van der Waals surface area contributed by atoms with Crippen molar-refractivity contribution in [1.82, 2.24) is 4.31 Å². The average Bonchev–Trinajstić information content (AvgIpc) is 3.12. The molecule has 5 heteroatoms. The Morgan fingerprint density at radius 2 is 1.81 bits per heavy atom. The molecule has 2 atom stereocenters. The van der Waals surface area contributed by atoms with Crippen LogP contribution < -0.4 is 4.90 Å². The molecule has 0 amide bonds. The number of sulfonamides is 1. The maximum Gasteiger partial charge on any atom is 0.212 e. The molecular weight excluding hydrogens is 344 g/mol. The predicted octanol–water partition coefficient (Wildman–Crippen LogP) is 3.47. The summed E-state index contributed by atoms with van der Waals surface area (Å²) in [5.74, 6) is 0. The van der Waals surface area contributed by atoms with Crippen LogP contribution in [-0.2, 0) is 15.4 Å². The van der Waals surface area contributed by atoms with Crippen LogP contribution in [0.4, 0.5) is 5.69 Å². The van der Waals surface area contributed by atoms with Crippen LogP contribution in [0.5, 0.6) is 0 Å². The van der Waals surface area contributed by atoms with E-state index in [9.17, 15) is 8.42 Å². The van der Waals surface area contributed by atoms with Crippen molar-refractivity contribution in [2.45, 2.75) is 24.4 Å². The smallest absolute Gasteiger partial charge is 0.212 e. The highest BCUT2D eigenvalue weighted by Crippen LogP contribution is 2.54. The van der Waals surface area contributed by atoms with Crippen LogP contribution >= 0.6 is 0 Å². The third-order valence-corrected chi connectivity index (χ3v) is 6.98. The Morgan fingerprint density at radius 1 is 1.12 bits per heavy atom. The van der Waals surface area contributed by atoms with Gasteiger partial charge in [-0.25, -0.2) is 8.42 Å². The highest BCUT2D eigenvalue weighted by atomic mass is 32.2. The van der Waals surface area contributed by atoms with Gasteiger partial charge in [0, 0.05) is 24.7 Å². The lowest BCUT2D eigenvalue weighted by molar-refractivity contribution is 0.316. The predicted molar refractivity (Wildman–Crippen MR) is 107 cm³/mol. The summed E-state index contributed by atoms with van der Waals surface area (Å²) >= 11 is 0. The quantitative estimate of drug-likeness (QED) is 0.830. The number of benzene rings is 2. The molecule has 26 heavy (non-hydrogen) atoms. The molecule has 0 aliphatic carbocycles. The van der Waals surface area contributed by atoms with E-state index in [1.807, 2.05) is 31.3 Å². The second-order valence-corrected chi connectivity index (χ2v) is 9.23. The van der Waals surface area contributed by atoms with Gasteiger partial charge in [0.1, 0.15) is 6.17 Å². The van der Waals surface area contributed by atoms with Crippen molar-refractivity contribution in [3.63, 3.8) is 0 Å². The van der Waals surface area contributed by atoms with Crippen molar-refractivity contribution >= 4 is 21.8 Å². The average molecular weight is 369 g/mol. The molecule has 4 nitrogen and oxygen atoms in total. The van der Waals surface area contributed by atoms with Crippen molar-refractivity contribution in [2.24, 2.45) is 0 Å². The van der Waals surface area contributed by atoms with Gasteiger partial charge in [-0.1, -0.05) is 60.7 Å². The minimum absolute atomic E-state index is 0.157. The van der Waals surface area contributed by atoms with E-state index >= 15 is 0 Å². The van der Waals surface area contributed by atoms with E-state index in [4.69, 9.17) is 0 Å². The van der Waals surface area contributed by atoms with E-state index in [1.165, 1.54) is 11.8 Å². The van der Waals surface area contributed by atoms with Gasteiger partial charge in [0.15, 0.2) is 0 Å². The number of rotatable bonds is 4. The highest BCUT2D eigenvalue weighted by molar-refractivity contribution is 7.88. The van der Waals surface area contributed by atoms with Gasteiger partial charge in [0.25, 0.3) is 0 Å². The summed E-state index contributed by atoms with van der Waals surface area (Å²) in [6.07, 6.45) is 7.15. The van der Waals surface area contributed by atoms with Crippen LogP contribution in [0.3, 0.4) is 0 Å². The zero-order valence-corrected chi connectivity index (χ0v) is 16.0. The van der Waals surface area contributed by atoms with E-state index in [0.29, 0.717) is 6.54 Å². The van der Waals surface area contributed by atoms with Gasteiger partial charge in [0.2, 0.25) is 10.0 Å². The summed E-state index contributed by atoms with van der Waals surface area (Å²) in [4.78, 5) is 2.14. The summed E-state index contributed by atoms with van der Waals surface area (Å²) in [6.45, 7) is 0.571. The van der Waals surface area contributed by atoms with Crippen LogP contribution in [0.15, 0.2) is 60.7 Å². The summed E-state index contributed by atoms with van der Waals surface area (Å²) in [6, 6.07) is 18.6. The molecule has 0 unspecified atom stereocenters. The van der Waals surface area contributed by atoms with Crippen LogP contribution in [0, 0.1) is 0 Å². The van der Waals surface area contributed by atoms with Gasteiger partial charge >= 0.3 is 0 Å². The maximum atomic E-state index is 12.4. The Hall–Kier alpha value is -2.11. The third-order valence-electron chi connectivity index (χ3n) is 5.75. The first-order valence-corrected chi connectivity index (χ1v) is 10.8. The maximum absolute atomic E-state index is 12.4. The Kier molecular flexibility index (Phi) is 4.16. The molecule has 0 spiro atoms. The molecule has 2 aliphatic rings. The van der Waals surface area contributed by atoms with E-state index < -0.39 is 10.0 Å². The second-order valence-electron chi connectivity index (χ2n) is 7.30. The highest BCUT2D eigenvalue weighted by Gasteiger charge is 2.57. The molecular formula is C21H24N2O2S. The summed E-state index contributed by atoms with van der Waals surface area (Å²) in [5.41, 5.74) is 3.37. The zero-order valence-electron chi connectivity index (χ0n) is 15.2. The molecule has 2 heterocycles. The molecule has 0 radical (unpaired) electrons. The van der Waals surface area contributed by atoms with Crippen molar-refractivity contribution < 1.29 is 8.42 Å². The summed E-state index contributed by atoms with van der Waals surface area (Å²) in [7, 11) is -1.25. The Bertz CT molecular complexity index is 939. The number of likely N-dealkylation sites (N-methyl/N-ethyl adjacent to an activating group) is 1. The normalized spacial score (nSPS) is 25.6. The molecule has 136 valence electrons. The summed E-state index contributed by atoms with van der Waals surface area (Å²) in [5, 5.41) is 0. The van der Waals surface area contributed by atoms with Gasteiger partial charge in [-0.15, -0.1) is 0 Å². The molecule has 0 N–H and O–H groups in total. The van der Waals surface area contributed by atoms with E-state index in [-0.39, 0.29) is 11.6 Å². The van der Waals surface area contributed by atoms with E-state index in [1.54, 1.807) is 4.31 Å². The molecule has 2 aromatic carbocycles. The lowest BCUT2D eigenvalue weighted by Crippen LogP contribution is -2.50. The zero-order chi connectivity index (χ0) is 18.4. The van der Waals surface area contributed by atoms with E-state index in [0.717, 1.165) is 24.1 Å². The molecule has 1 saturated heterocycles. The van der Waals surface area contributed by atoms with Crippen LogP contribution in [0.2, 0.25) is 0 Å². The molecule has 2 aliphatic heterocycles. The Morgan fingerprint density at radius 3 is 2.54 bits per heavy atom. The van der Waals surface area contributed by atoms with Gasteiger partial charge in [-0.05, 0) is 30.0 Å². The molecule has 2 aromatic rings. The van der Waals surface area contributed by atoms with Crippen LogP contribution in [0.25, 0.3) is 6.08 Å². The van der Waals surface area contributed by atoms with Gasteiger partial charge in [-0.2, -0.15) is 4.31 Å². The van der Waals surface area contributed by atoms with E-state index in [2.05, 4.69) is 47.4 Å². The second kappa shape index (κ2) is 6.25. The fourth-order valence-corrected chi connectivity index (χ4v) is 5.77. The molecule has 0 saturated carbocycles. The first-order valence-electron chi connectivity index (χ1n) is 8.94. The topological polar surface area (TPSA) is 40.6 Å². The molecule has 0 bridgehead atoms. The fraction of sp³-hybridized carbons (Fsp3) is 0.333. The minimum Gasteiger partial charge on any atom is -0.357 e. The van der Waals surface area contributed by atoms with Crippen molar-refractivity contribution in [3.05, 3.63) is 71.8 Å². The number of fused-ring (bicyclic) bond motifs is 3. The number of anilines is 1. The Labute approximate surface area is 155 Å². The number of para-hydroxylation sites is 1. The minimum atomic E-state index is -3.26. The number of hydrogen-bond donors (Lipinski definition) is 0. The van der Waals surface area contributed by atoms with Gasteiger partial charge in [0.05, 0.1) is 6.26 Å². The number of nitrogens with zero attached hydrogens (tertiary/aromatic N) is 2. The molecule has 4 rings (SSSR count). The number of hydrogen-bond acceptors (Lipinski definition) is 3. The van der Waals surface area contributed by atoms with Crippen molar-refractivity contribution in [1.29, 1.82) is 0 Å². The number of allylic oxidation sites excluding steroid dienone is 1. The third kappa shape index (κ3) is 2.66.